The molecule has 3 rings (SSSR count). The Morgan fingerprint density at radius 1 is 1.00 bits per heavy atom. The molecular formula is C18H28N2O. The number of hydrogen-bond donors (Lipinski definition) is 0. The molecule has 0 aromatic heterocycles. The lowest BCUT2D eigenvalue weighted by Gasteiger charge is -2.37. The first-order valence-electron chi connectivity index (χ1n) is 8.46. The molecule has 3 heteroatoms. The SMILES string of the molecule is c1ccc(CCN2CCN(CC3CCCOC3)CC2)cc1. The summed E-state index contributed by atoms with van der Waals surface area (Å²) in [4.78, 5) is 5.25. The molecule has 2 heterocycles. The predicted molar refractivity (Wildman–Crippen MR) is 86.6 cm³/mol. The van der Waals surface area contributed by atoms with Gasteiger partial charge in [0.15, 0.2) is 0 Å². The van der Waals surface area contributed by atoms with Crippen molar-refractivity contribution in [2.24, 2.45) is 5.92 Å². The maximum Gasteiger partial charge on any atom is 0.0506 e. The molecule has 1 aromatic carbocycles. The first kappa shape index (κ1) is 15.0. The zero-order valence-electron chi connectivity index (χ0n) is 13.0. The topological polar surface area (TPSA) is 15.7 Å². The molecule has 21 heavy (non-hydrogen) atoms. The van der Waals surface area contributed by atoms with Crippen LogP contribution in [-0.2, 0) is 11.2 Å². The van der Waals surface area contributed by atoms with Crippen LogP contribution in [0.4, 0.5) is 0 Å². The monoisotopic (exact) mass is 288 g/mol. The molecule has 0 N–H and O–H groups in total. The van der Waals surface area contributed by atoms with E-state index < -0.39 is 0 Å². The van der Waals surface area contributed by atoms with Gasteiger partial charge in [0.05, 0.1) is 6.61 Å². The van der Waals surface area contributed by atoms with Crippen LogP contribution < -0.4 is 0 Å². The lowest BCUT2D eigenvalue weighted by molar-refractivity contribution is 0.0287. The Morgan fingerprint density at radius 3 is 2.48 bits per heavy atom. The van der Waals surface area contributed by atoms with Crippen LogP contribution in [0.25, 0.3) is 0 Å². The predicted octanol–water partition coefficient (Wildman–Crippen LogP) is 2.27. The van der Waals surface area contributed by atoms with Crippen LogP contribution in [0.2, 0.25) is 0 Å². The highest BCUT2D eigenvalue weighted by Crippen LogP contribution is 2.16. The van der Waals surface area contributed by atoms with E-state index in [0.29, 0.717) is 0 Å². The summed E-state index contributed by atoms with van der Waals surface area (Å²) in [7, 11) is 0. The summed E-state index contributed by atoms with van der Waals surface area (Å²) in [6.45, 7) is 9.30. The van der Waals surface area contributed by atoms with Gasteiger partial charge in [-0.2, -0.15) is 0 Å². The number of benzene rings is 1. The molecule has 1 atom stereocenters. The van der Waals surface area contributed by atoms with Crippen LogP contribution in [0, 0.1) is 5.92 Å². The van der Waals surface area contributed by atoms with E-state index >= 15 is 0 Å². The molecule has 2 saturated heterocycles. The van der Waals surface area contributed by atoms with Crippen molar-refractivity contribution in [3.8, 4) is 0 Å². The summed E-state index contributed by atoms with van der Waals surface area (Å²) >= 11 is 0. The second-order valence-corrected chi connectivity index (χ2v) is 6.46. The van der Waals surface area contributed by atoms with Gasteiger partial charge < -0.3 is 14.5 Å². The van der Waals surface area contributed by atoms with Gasteiger partial charge in [0.1, 0.15) is 0 Å². The molecule has 0 radical (unpaired) electrons. The van der Waals surface area contributed by atoms with Crippen molar-refractivity contribution in [2.45, 2.75) is 19.3 Å². The molecule has 2 aliphatic heterocycles. The Labute approximate surface area is 128 Å². The standard InChI is InChI=1S/C18H28N2O/c1-2-5-17(6-3-1)8-9-19-10-12-20(13-11-19)15-18-7-4-14-21-16-18/h1-3,5-6,18H,4,7-16H2. The first-order valence-corrected chi connectivity index (χ1v) is 8.46. The molecule has 2 fully saturated rings. The van der Waals surface area contributed by atoms with Crippen LogP contribution in [0.3, 0.4) is 0 Å². The van der Waals surface area contributed by atoms with Gasteiger partial charge in [-0.3, -0.25) is 0 Å². The lowest BCUT2D eigenvalue weighted by atomic mass is 10.0. The fraction of sp³-hybridized carbons (Fsp3) is 0.667. The third-order valence-corrected chi connectivity index (χ3v) is 4.80. The second kappa shape index (κ2) is 7.92. The molecule has 1 unspecified atom stereocenters. The summed E-state index contributed by atoms with van der Waals surface area (Å²) in [5.74, 6) is 0.773. The quantitative estimate of drug-likeness (QED) is 0.827. The van der Waals surface area contributed by atoms with Crippen LogP contribution in [0.5, 0.6) is 0 Å². The Bertz CT molecular complexity index is 395. The Hall–Kier alpha value is -0.900. The summed E-state index contributed by atoms with van der Waals surface area (Å²) < 4.78 is 5.60. The van der Waals surface area contributed by atoms with Crippen LogP contribution in [0.15, 0.2) is 30.3 Å². The largest absolute Gasteiger partial charge is 0.381 e. The van der Waals surface area contributed by atoms with Gasteiger partial charge in [-0.25, -0.2) is 0 Å². The van der Waals surface area contributed by atoms with Gasteiger partial charge in [0.2, 0.25) is 0 Å². The number of nitrogens with zero attached hydrogens (tertiary/aromatic N) is 2. The maximum absolute atomic E-state index is 5.60. The van der Waals surface area contributed by atoms with Crippen molar-refractivity contribution in [1.29, 1.82) is 0 Å². The van der Waals surface area contributed by atoms with E-state index in [0.717, 1.165) is 19.1 Å². The highest BCUT2D eigenvalue weighted by molar-refractivity contribution is 5.14. The van der Waals surface area contributed by atoms with Gasteiger partial charge in [-0.1, -0.05) is 30.3 Å². The second-order valence-electron chi connectivity index (χ2n) is 6.46. The van der Waals surface area contributed by atoms with Crippen molar-refractivity contribution in [2.75, 3.05) is 52.5 Å². The summed E-state index contributed by atoms with van der Waals surface area (Å²) in [6.07, 6.45) is 3.78. The van der Waals surface area contributed by atoms with Crippen LogP contribution in [0.1, 0.15) is 18.4 Å². The molecule has 0 aliphatic carbocycles. The number of hydrogen-bond acceptors (Lipinski definition) is 3. The molecule has 116 valence electrons. The third-order valence-electron chi connectivity index (χ3n) is 4.80. The molecule has 1 aromatic rings. The van der Waals surface area contributed by atoms with E-state index in [4.69, 9.17) is 4.74 Å². The van der Waals surface area contributed by atoms with Crippen molar-refractivity contribution in [1.82, 2.24) is 9.80 Å². The molecule has 0 bridgehead atoms. The van der Waals surface area contributed by atoms with Gasteiger partial charge in [-0.05, 0) is 30.7 Å². The van der Waals surface area contributed by atoms with E-state index in [9.17, 15) is 0 Å². The molecule has 3 nitrogen and oxygen atoms in total. The average molecular weight is 288 g/mol. The summed E-state index contributed by atoms with van der Waals surface area (Å²) in [5, 5.41) is 0. The van der Waals surface area contributed by atoms with Crippen LogP contribution >= 0.6 is 0 Å². The van der Waals surface area contributed by atoms with E-state index in [1.807, 2.05) is 0 Å². The van der Waals surface area contributed by atoms with Gasteiger partial charge in [-0.15, -0.1) is 0 Å². The molecule has 0 saturated carbocycles. The minimum atomic E-state index is 0.773. The van der Waals surface area contributed by atoms with Crippen molar-refractivity contribution in [3.05, 3.63) is 35.9 Å². The van der Waals surface area contributed by atoms with E-state index in [1.165, 1.54) is 64.1 Å². The van der Waals surface area contributed by atoms with Crippen molar-refractivity contribution < 1.29 is 4.74 Å². The van der Waals surface area contributed by atoms with E-state index in [2.05, 4.69) is 40.1 Å². The van der Waals surface area contributed by atoms with Crippen LogP contribution in [-0.4, -0.2) is 62.3 Å². The highest BCUT2D eigenvalue weighted by atomic mass is 16.5. The molecule has 2 aliphatic rings. The Morgan fingerprint density at radius 2 is 1.76 bits per heavy atom. The third kappa shape index (κ3) is 4.80. The average Bonchev–Trinajstić information content (AvgIpc) is 2.56. The summed E-state index contributed by atoms with van der Waals surface area (Å²) in [5.41, 5.74) is 1.46. The number of rotatable bonds is 5. The van der Waals surface area contributed by atoms with Crippen molar-refractivity contribution >= 4 is 0 Å². The van der Waals surface area contributed by atoms with E-state index in [-0.39, 0.29) is 0 Å². The normalized spacial score (nSPS) is 25.0. The van der Waals surface area contributed by atoms with Crippen molar-refractivity contribution in [3.63, 3.8) is 0 Å². The molecule has 0 spiro atoms. The first-order chi connectivity index (χ1) is 10.4. The number of ether oxygens (including phenoxy) is 1. The minimum absolute atomic E-state index is 0.773. The number of piperazine rings is 1. The van der Waals surface area contributed by atoms with Gasteiger partial charge in [0, 0.05) is 45.9 Å². The van der Waals surface area contributed by atoms with E-state index in [1.54, 1.807) is 0 Å². The Balaban J connectivity index is 1.35. The molecule has 0 amide bonds. The lowest BCUT2D eigenvalue weighted by Crippen LogP contribution is -2.48. The van der Waals surface area contributed by atoms with Gasteiger partial charge in [0.25, 0.3) is 0 Å². The fourth-order valence-electron chi connectivity index (χ4n) is 3.44. The van der Waals surface area contributed by atoms with Gasteiger partial charge >= 0.3 is 0 Å². The smallest absolute Gasteiger partial charge is 0.0506 e. The summed E-state index contributed by atoms with van der Waals surface area (Å²) in [6, 6.07) is 10.8. The Kier molecular flexibility index (Phi) is 5.67. The fourth-order valence-corrected chi connectivity index (χ4v) is 3.44. The zero-order valence-corrected chi connectivity index (χ0v) is 13.0. The minimum Gasteiger partial charge on any atom is -0.381 e. The zero-order chi connectivity index (χ0) is 14.3. The maximum atomic E-state index is 5.60. The highest BCUT2D eigenvalue weighted by Gasteiger charge is 2.21. The molecular weight excluding hydrogens is 260 g/mol.